The van der Waals surface area contributed by atoms with Gasteiger partial charge in [0, 0.05) is 19.6 Å². The van der Waals surface area contributed by atoms with Crippen LogP contribution in [0.1, 0.15) is 57.8 Å². The first-order valence-electron chi connectivity index (χ1n) is 12.8. The predicted molar refractivity (Wildman–Crippen MR) is 135 cm³/mol. The number of hydrogen-bond donors (Lipinski definition) is 0. The molecular formula is C27H36F2N2O7. The summed E-state index contributed by atoms with van der Waals surface area (Å²) >= 11 is 0. The maximum atomic E-state index is 15.7. The molecule has 1 aromatic rings. The van der Waals surface area contributed by atoms with Gasteiger partial charge in [-0.15, -0.1) is 0 Å². The first-order chi connectivity index (χ1) is 17.9. The van der Waals surface area contributed by atoms with Gasteiger partial charge in [-0.3, -0.25) is 4.79 Å². The number of rotatable bonds is 8. The zero-order valence-electron chi connectivity index (χ0n) is 22.8. The third-order valence-corrected chi connectivity index (χ3v) is 6.43. The van der Waals surface area contributed by atoms with E-state index in [1.165, 1.54) is 7.11 Å². The molecule has 0 aliphatic carbocycles. The highest BCUT2D eigenvalue weighted by Crippen LogP contribution is 2.42. The number of benzene rings is 1. The van der Waals surface area contributed by atoms with Crippen LogP contribution in [0.2, 0.25) is 0 Å². The van der Waals surface area contributed by atoms with E-state index in [4.69, 9.17) is 18.9 Å². The Kier molecular flexibility index (Phi) is 9.22. The Labute approximate surface area is 221 Å². The summed E-state index contributed by atoms with van der Waals surface area (Å²) in [5.74, 6) is -4.55. The fourth-order valence-corrected chi connectivity index (χ4v) is 4.86. The molecule has 2 heterocycles. The second kappa shape index (κ2) is 12.0. The van der Waals surface area contributed by atoms with Crippen molar-refractivity contribution in [2.24, 2.45) is 5.92 Å². The average molecular weight is 539 g/mol. The topological polar surface area (TPSA) is 94.6 Å². The molecule has 0 aromatic heterocycles. The lowest BCUT2D eigenvalue weighted by atomic mass is 9.92. The van der Waals surface area contributed by atoms with E-state index in [0.717, 1.165) is 25.2 Å². The fraction of sp³-hybridized carbons (Fsp3) is 0.593. The van der Waals surface area contributed by atoms with E-state index < -0.39 is 52.0 Å². The van der Waals surface area contributed by atoms with Gasteiger partial charge >= 0.3 is 12.1 Å². The summed E-state index contributed by atoms with van der Waals surface area (Å²) in [7, 11) is 1.17. The smallest absolute Gasteiger partial charge is 0.410 e. The average Bonchev–Trinajstić information content (AvgIpc) is 3.27. The number of likely N-dealkylation sites (tertiary alicyclic amines) is 1. The molecule has 38 heavy (non-hydrogen) atoms. The third kappa shape index (κ3) is 6.19. The van der Waals surface area contributed by atoms with Crippen molar-refractivity contribution in [2.45, 2.75) is 59.1 Å². The van der Waals surface area contributed by atoms with Crippen molar-refractivity contribution in [3.05, 3.63) is 35.1 Å². The number of ketones is 1. The van der Waals surface area contributed by atoms with Gasteiger partial charge in [-0.2, -0.15) is 0 Å². The lowest BCUT2D eigenvalue weighted by Gasteiger charge is -2.37. The molecule has 0 bridgehead atoms. The summed E-state index contributed by atoms with van der Waals surface area (Å²) in [6.07, 6.45) is 2.02. The summed E-state index contributed by atoms with van der Waals surface area (Å²) in [5, 5.41) is 0. The molecule has 210 valence electrons. The molecule has 0 N–H and O–H groups in total. The molecule has 2 atom stereocenters. The number of methoxy groups -OCH3 is 1. The number of Topliss-reactive ketones (excluding diaryl/α,β-unsaturated/α-hetero) is 1. The first kappa shape index (κ1) is 29.2. The van der Waals surface area contributed by atoms with Crippen LogP contribution in [0.4, 0.5) is 19.3 Å². The molecule has 2 aliphatic rings. The number of carbonyl (C=O) groups excluding carboxylic acids is 3. The molecule has 0 radical (unpaired) electrons. The lowest BCUT2D eigenvalue weighted by molar-refractivity contribution is -0.138. The molecule has 2 aliphatic heterocycles. The van der Waals surface area contributed by atoms with E-state index in [1.54, 1.807) is 44.4 Å². The zero-order chi connectivity index (χ0) is 28.2. The maximum absolute atomic E-state index is 15.7. The van der Waals surface area contributed by atoms with E-state index in [1.807, 2.05) is 0 Å². The van der Waals surface area contributed by atoms with Crippen LogP contribution in [-0.2, 0) is 19.0 Å². The van der Waals surface area contributed by atoms with E-state index in [0.29, 0.717) is 13.1 Å². The van der Waals surface area contributed by atoms with Crippen molar-refractivity contribution in [1.82, 2.24) is 4.90 Å². The van der Waals surface area contributed by atoms with E-state index in [-0.39, 0.29) is 37.4 Å². The van der Waals surface area contributed by atoms with Gasteiger partial charge in [0.05, 0.1) is 31.9 Å². The Morgan fingerprint density at radius 3 is 2.45 bits per heavy atom. The number of esters is 1. The molecule has 11 heteroatoms. The fourth-order valence-electron chi connectivity index (χ4n) is 4.86. The summed E-state index contributed by atoms with van der Waals surface area (Å²) in [6.45, 7) is 9.79. The van der Waals surface area contributed by atoms with Crippen LogP contribution in [0, 0.1) is 17.6 Å². The van der Waals surface area contributed by atoms with E-state index >= 15 is 8.78 Å². The van der Waals surface area contributed by atoms with Crippen LogP contribution in [0.15, 0.2) is 17.9 Å². The van der Waals surface area contributed by atoms with Crippen LogP contribution in [0.25, 0.3) is 0 Å². The summed E-state index contributed by atoms with van der Waals surface area (Å²) in [6, 6.07) is 0.499. The van der Waals surface area contributed by atoms with Gasteiger partial charge in [-0.1, -0.05) is 0 Å². The highest BCUT2D eigenvalue weighted by atomic mass is 19.1. The molecule has 0 spiro atoms. The number of nitrogens with zero attached hydrogens (tertiary/aromatic N) is 2. The molecule has 0 saturated carbocycles. The normalized spacial score (nSPS) is 19.6. The second-order valence-corrected chi connectivity index (χ2v) is 10.2. The minimum atomic E-state index is -1.11. The molecule has 9 nitrogen and oxygen atoms in total. The number of fused-ring (bicyclic) bond motifs is 1. The molecule has 2 saturated heterocycles. The van der Waals surface area contributed by atoms with Gasteiger partial charge in [0.1, 0.15) is 23.1 Å². The van der Waals surface area contributed by atoms with Crippen LogP contribution in [-0.4, -0.2) is 74.3 Å². The molecule has 3 rings (SSSR count). The molecule has 2 fully saturated rings. The van der Waals surface area contributed by atoms with Gasteiger partial charge in [-0.05, 0) is 59.4 Å². The van der Waals surface area contributed by atoms with Crippen molar-refractivity contribution in [1.29, 1.82) is 0 Å². The van der Waals surface area contributed by atoms with Gasteiger partial charge in [0.25, 0.3) is 0 Å². The number of halogens is 2. The SMILES string of the molecule is CCOC=C(C(=O)OCC)C(=O)c1cc(F)c(N2CC3CCCN(C(=O)OC(C)(C)C)C3C2)c(OC)c1F. The van der Waals surface area contributed by atoms with Gasteiger partial charge in [0.2, 0.25) is 5.78 Å². The summed E-state index contributed by atoms with van der Waals surface area (Å²) < 4.78 is 52.0. The van der Waals surface area contributed by atoms with Gasteiger partial charge < -0.3 is 28.7 Å². The van der Waals surface area contributed by atoms with Crippen molar-refractivity contribution in [3.8, 4) is 5.75 Å². The highest BCUT2D eigenvalue weighted by molar-refractivity contribution is 6.24. The zero-order valence-corrected chi connectivity index (χ0v) is 22.8. The van der Waals surface area contributed by atoms with E-state index in [2.05, 4.69) is 0 Å². The monoisotopic (exact) mass is 538 g/mol. The number of anilines is 1. The Morgan fingerprint density at radius 1 is 1.13 bits per heavy atom. The number of amides is 1. The molecule has 1 amide bonds. The van der Waals surface area contributed by atoms with Gasteiger partial charge in [0.15, 0.2) is 17.4 Å². The minimum absolute atomic E-state index is 0.0215. The Bertz CT molecular complexity index is 1100. The number of carbonyl (C=O) groups is 3. The Hall–Kier alpha value is -3.37. The predicted octanol–water partition coefficient (Wildman–Crippen LogP) is 4.48. The second-order valence-electron chi connectivity index (χ2n) is 10.2. The minimum Gasteiger partial charge on any atom is -0.500 e. The van der Waals surface area contributed by atoms with Crippen LogP contribution >= 0.6 is 0 Å². The molecule has 1 aromatic carbocycles. The van der Waals surface area contributed by atoms with Crippen molar-refractivity contribution in [2.75, 3.05) is 44.9 Å². The molecular weight excluding hydrogens is 502 g/mol. The Morgan fingerprint density at radius 2 is 1.84 bits per heavy atom. The van der Waals surface area contributed by atoms with Gasteiger partial charge in [-0.25, -0.2) is 18.4 Å². The third-order valence-electron chi connectivity index (χ3n) is 6.43. The number of ether oxygens (including phenoxy) is 4. The lowest BCUT2D eigenvalue weighted by Crippen LogP contribution is -2.50. The quantitative estimate of drug-likeness (QED) is 0.120. The van der Waals surface area contributed by atoms with Crippen molar-refractivity contribution < 1.29 is 42.1 Å². The summed E-state index contributed by atoms with van der Waals surface area (Å²) in [5.41, 5.74) is -2.06. The Balaban J connectivity index is 1.95. The first-order valence-corrected chi connectivity index (χ1v) is 12.8. The standard InChI is InChI=1S/C27H36F2N2O7/c1-7-36-15-18(25(33)37-8-2)23(32)17-12-19(28)22(24(35-6)21(17)29)30-13-16-10-9-11-31(20(16)14-30)26(34)38-27(3,4)5/h12,15-16,20H,7-11,13-14H2,1-6H3. The van der Waals surface area contributed by atoms with Crippen LogP contribution in [0.3, 0.4) is 0 Å². The summed E-state index contributed by atoms with van der Waals surface area (Å²) in [4.78, 5) is 41.5. The molecule has 2 unspecified atom stereocenters. The number of piperidine rings is 1. The van der Waals surface area contributed by atoms with Crippen LogP contribution in [0.5, 0.6) is 5.75 Å². The van der Waals surface area contributed by atoms with Crippen LogP contribution < -0.4 is 9.64 Å². The van der Waals surface area contributed by atoms with Crippen molar-refractivity contribution in [3.63, 3.8) is 0 Å². The highest BCUT2D eigenvalue weighted by Gasteiger charge is 2.44. The largest absolute Gasteiger partial charge is 0.500 e. The van der Waals surface area contributed by atoms with Crippen molar-refractivity contribution >= 4 is 23.5 Å². The number of hydrogen-bond acceptors (Lipinski definition) is 8. The van der Waals surface area contributed by atoms with E-state index in [9.17, 15) is 14.4 Å². The maximum Gasteiger partial charge on any atom is 0.410 e.